The summed E-state index contributed by atoms with van der Waals surface area (Å²) in [5.41, 5.74) is 3.11. The van der Waals surface area contributed by atoms with Gasteiger partial charge in [0.05, 0.1) is 0 Å². The van der Waals surface area contributed by atoms with Gasteiger partial charge < -0.3 is 10.6 Å². The van der Waals surface area contributed by atoms with Crippen molar-refractivity contribution in [1.82, 2.24) is 5.32 Å². The molecule has 3 N–H and O–H groups in total. The topological polar surface area (TPSA) is 70.2 Å². The number of hydrogen-bond acceptors (Lipinski definition) is 3. The molecule has 1 aliphatic carbocycles. The molecule has 2 aromatic carbocycles. The Morgan fingerprint density at radius 1 is 1.14 bits per heavy atom. The molecule has 0 heterocycles. The van der Waals surface area contributed by atoms with Crippen molar-refractivity contribution in [2.24, 2.45) is 5.92 Å². The summed E-state index contributed by atoms with van der Waals surface area (Å²) < 4.78 is 0. The lowest BCUT2D eigenvalue weighted by Gasteiger charge is -2.12. The second kappa shape index (κ2) is 8.99. The van der Waals surface area contributed by atoms with Crippen molar-refractivity contribution in [3.05, 3.63) is 64.7 Å². The Morgan fingerprint density at radius 3 is 2.61 bits per heavy atom. The molecule has 0 saturated heterocycles. The van der Waals surface area contributed by atoms with Gasteiger partial charge in [-0.15, -0.1) is 0 Å². The Hall–Kier alpha value is -2.70. The summed E-state index contributed by atoms with van der Waals surface area (Å²) in [4.78, 5) is 24.0. The highest BCUT2D eigenvalue weighted by Crippen LogP contribution is 2.31. The van der Waals surface area contributed by atoms with Crippen LogP contribution >= 0.6 is 23.8 Å². The van der Waals surface area contributed by atoms with Gasteiger partial charge >= 0.3 is 0 Å². The van der Waals surface area contributed by atoms with Crippen LogP contribution in [0.2, 0.25) is 5.02 Å². The predicted molar refractivity (Wildman–Crippen MR) is 117 cm³/mol. The van der Waals surface area contributed by atoms with Crippen LogP contribution in [0.1, 0.15) is 24.0 Å². The molecule has 0 aromatic heterocycles. The third-order valence-corrected chi connectivity index (χ3v) is 4.81. The fourth-order valence-corrected chi connectivity index (χ4v) is 2.92. The predicted octanol–water partition coefficient (Wildman–Crippen LogP) is 4.52. The molecule has 5 nitrogen and oxygen atoms in total. The van der Waals surface area contributed by atoms with Crippen molar-refractivity contribution < 1.29 is 9.59 Å². The van der Waals surface area contributed by atoms with Crippen LogP contribution in [0.15, 0.2) is 48.5 Å². The first-order chi connectivity index (χ1) is 13.4. The Morgan fingerprint density at radius 2 is 1.89 bits per heavy atom. The first-order valence-electron chi connectivity index (χ1n) is 8.88. The molecular weight excluding hydrogens is 394 g/mol. The number of carbonyl (C=O) groups excluding carboxylic acids is 2. The molecule has 0 atom stereocenters. The van der Waals surface area contributed by atoms with E-state index in [2.05, 4.69) is 16.0 Å². The molecule has 1 saturated carbocycles. The number of amides is 2. The van der Waals surface area contributed by atoms with Gasteiger partial charge in [0.1, 0.15) is 0 Å². The first kappa shape index (κ1) is 20.0. The number of aryl methyl sites for hydroxylation is 1. The zero-order chi connectivity index (χ0) is 20.1. The van der Waals surface area contributed by atoms with Crippen molar-refractivity contribution in [2.75, 3.05) is 10.6 Å². The van der Waals surface area contributed by atoms with E-state index in [4.69, 9.17) is 23.8 Å². The maximum atomic E-state index is 12.1. The van der Waals surface area contributed by atoms with E-state index in [1.54, 1.807) is 18.2 Å². The summed E-state index contributed by atoms with van der Waals surface area (Å²) in [5, 5.41) is 9.21. The van der Waals surface area contributed by atoms with Gasteiger partial charge in [0, 0.05) is 28.4 Å². The first-order valence-corrected chi connectivity index (χ1v) is 9.67. The molecule has 1 aliphatic rings. The van der Waals surface area contributed by atoms with Crippen molar-refractivity contribution in [3.8, 4) is 0 Å². The minimum atomic E-state index is -0.369. The van der Waals surface area contributed by atoms with Crippen LogP contribution in [-0.2, 0) is 9.59 Å². The summed E-state index contributed by atoms with van der Waals surface area (Å²) in [6.45, 7) is 1.92. The molecular formula is C21H20ClN3O2S. The van der Waals surface area contributed by atoms with E-state index in [0.717, 1.165) is 29.7 Å². The number of nitrogens with one attached hydrogen (secondary N) is 3. The number of anilines is 2. The number of hydrogen-bond donors (Lipinski definition) is 3. The standard InChI is InChI=1S/C21H20ClN3O2S/c1-13-6-10-16(12-18(13)24-20(27)15-7-8-15)23-21(28)25-19(26)11-9-14-4-2-3-5-17(14)22/h2-6,9-12,15H,7-8H2,1H3,(H,24,27)(H2,23,25,26,28)/b11-9+. The maximum absolute atomic E-state index is 12.1. The van der Waals surface area contributed by atoms with Gasteiger partial charge in [-0.1, -0.05) is 35.9 Å². The van der Waals surface area contributed by atoms with E-state index < -0.39 is 0 Å². The van der Waals surface area contributed by atoms with Crippen LogP contribution in [0.4, 0.5) is 11.4 Å². The molecule has 144 valence electrons. The summed E-state index contributed by atoms with van der Waals surface area (Å²) in [5.74, 6) is -0.200. The minimum Gasteiger partial charge on any atom is -0.332 e. The molecule has 2 amide bonds. The molecule has 0 aliphatic heterocycles. The van der Waals surface area contributed by atoms with Crippen LogP contribution in [-0.4, -0.2) is 16.9 Å². The Kier molecular flexibility index (Phi) is 6.44. The van der Waals surface area contributed by atoms with E-state index in [1.165, 1.54) is 6.08 Å². The van der Waals surface area contributed by atoms with Crippen LogP contribution < -0.4 is 16.0 Å². The zero-order valence-corrected chi connectivity index (χ0v) is 16.9. The van der Waals surface area contributed by atoms with E-state index in [1.807, 2.05) is 37.3 Å². The molecule has 1 fully saturated rings. The Balaban J connectivity index is 1.57. The second-order valence-electron chi connectivity index (χ2n) is 6.59. The van der Waals surface area contributed by atoms with Crippen LogP contribution in [0.5, 0.6) is 0 Å². The normalized spacial score (nSPS) is 13.2. The Labute approximate surface area is 174 Å². The van der Waals surface area contributed by atoms with Gasteiger partial charge in [-0.25, -0.2) is 0 Å². The highest BCUT2D eigenvalue weighted by Gasteiger charge is 2.29. The second-order valence-corrected chi connectivity index (χ2v) is 7.41. The van der Waals surface area contributed by atoms with Crippen molar-refractivity contribution in [1.29, 1.82) is 0 Å². The van der Waals surface area contributed by atoms with Gasteiger partial charge in [0.15, 0.2) is 5.11 Å². The number of benzene rings is 2. The van der Waals surface area contributed by atoms with E-state index in [0.29, 0.717) is 10.7 Å². The quantitative estimate of drug-likeness (QED) is 0.497. The third kappa shape index (κ3) is 5.65. The number of halogens is 1. The van der Waals surface area contributed by atoms with E-state index in [9.17, 15) is 9.59 Å². The van der Waals surface area contributed by atoms with Crippen LogP contribution in [0.3, 0.4) is 0 Å². The molecule has 0 radical (unpaired) electrons. The SMILES string of the molecule is Cc1ccc(NC(=S)NC(=O)/C=C/c2ccccc2Cl)cc1NC(=O)C1CC1. The minimum absolute atomic E-state index is 0.0424. The summed E-state index contributed by atoms with van der Waals surface area (Å²) in [6, 6.07) is 12.7. The van der Waals surface area contributed by atoms with Gasteiger partial charge in [0.2, 0.25) is 11.8 Å². The monoisotopic (exact) mass is 413 g/mol. The van der Waals surface area contributed by atoms with Gasteiger partial charge in [0.25, 0.3) is 0 Å². The molecule has 2 aromatic rings. The molecule has 0 unspecified atom stereocenters. The lowest BCUT2D eigenvalue weighted by molar-refractivity contribution is -0.117. The lowest BCUT2D eigenvalue weighted by atomic mass is 10.1. The number of carbonyl (C=O) groups is 2. The van der Waals surface area contributed by atoms with Crippen LogP contribution in [0.25, 0.3) is 6.08 Å². The average molecular weight is 414 g/mol. The van der Waals surface area contributed by atoms with Crippen LogP contribution in [0, 0.1) is 12.8 Å². The third-order valence-electron chi connectivity index (χ3n) is 4.26. The van der Waals surface area contributed by atoms with Gasteiger partial charge in [-0.05, 0) is 67.4 Å². The molecule has 7 heteroatoms. The number of thiocarbonyl (C=S) groups is 1. The fourth-order valence-electron chi connectivity index (χ4n) is 2.51. The highest BCUT2D eigenvalue weighted by atomic mass is 35.5. The summed E-state index contributed by atoms with van der Waals surface area (Å²) in [6.07, 6.45) is 4.88. The maximum Gasteiger partial charge on any atom is 0.250 e. The zero-order valence-electron chi connectivity index (χ0n) is 15.3. The molecule has 3 rings (SSSR count). The van der Waals surface area contributed by atoms with Gasteiger partial charge in [-0.3, -0.25) is 14.9 Å². The molecule has 28 heavy (non-hydrogen) atoms. The smallest absolute Gasteiger partial charge is 0.250 e. The van der Waals surface area contributed by atoms with E-state index in [-0.39, 0.29) is 22.8 Å². The van der Waals surface area contributed by atoms with Crippen molar-refractivity contribution in [2.45, 2.75) is 19.8 Å². The van der Waals surface area contributed by atoms with Gasteiger partial charge in [-0.2, -0.15) is 0 Å². The largest absolute Gasteiger partial charge is 0.332 e. The van der Waals surface area contributed by atoms with E-state index >= 15 is 0 Å². The van der Waals surface area contributed by atoms with Crippen molar-refractivity contribution >= 4 is 58.2 Å². The fraction of sp³-hybridized carbons (Fsp3) is 0.190. The lowest BCUT2D eigenvalue weighted by Crippen LogP contribution is -2.32. The molecule has 0 spiro atoms. The summed E-state index contributed by atoms with van der Waals surface area (Å²) in [7, 11) is 0. The number of rotatable bonds is 5. The highest BCUT2D eigenvalue weighted by molar-refractivity contribution is 7.80. The van der Waals surface area contributed by atoms with Crippen molar-refractivity contribution in [3.63, 3.8) is 0 Å². The average Bonchev–Trinajstić information content (AvgIpc) is 3.49. The Bertz CT molecular complexity index is 954. The molecule has 0 bridgehead atoms. The summed E-state index contributed by atoms with van der Waals surface area (Å²) >= 11 is 11.3.